The lowest BCUT2D eigenvalue weighted by Crippen LogP contribution is -2.19. The van der Waals surface area contributed by atoms with E-state index in [1.807, 2.05) is 12.1 Å². The van der Waals surface area contributed by atoms with Gasteiger partial charge in [0.2, 0.25) is 12.6 Å². The van der Waals surface area contributed by atoms with Crippen LogP contribution in [0.4, 0.5) is 0 Å². The molecule has 0 N–H and O–H groups in total. The number of ketones is 1. The minimum atomic E-state index is -1.02. The highest BCUT2D eigenvalue weighted by Gasteiger charge is 2.25. The number of hydrogen-bond acceptors (Lipinski definition) is 5. The van der Waals surface area contributed by atoms with Crippen molar-refractivity contribution in [2.45, 2.75) is 6.10 Å². The van der Waals surface area contributed by atoms with Crippen molar-refractivity contribution in [3.63, 3.8) is 0 Å². The van der Waals surface area contributed by atoms with E-state index in [-0.39, 0.29) is 12.6 Å². The number of rotatable bonds is 6. The summed E-state index contributed by atoms with van der Waals surface area (Å²) in [4.78, 5) is 25.4. The summed E-state index contributed by atoms with van der Waals surface area (Å²) in [6.07, 6.45) is 1.89. The molecule has 1 aliphatic heterocycles. The molecule has 0 spiro atoms. The first-order chi connectivity index (χ1) is 14.2. The Morgan fingerprint density at radius 2 is 1.55 bits per heavy atom. The number of Topliss-reactive ketones (excluding diaryl/α,β-unsaturated/α-hetero) is 1. The van der Waals surface area contributed by atoms with E-state index in [4.69, 9.17) is 14.2 Å². The predicted molar refractivity (Wildman–Crippen MR) is 108 cm³/mol. The standard InChI is InChI=1S/C24H18O5/c25-22(14-12-17-11-13-20-21(15-17)28-16-27-20)29-24(19-9-5-2-6-10-19)23(26)18-7-3-1-4-8-18/h1-15,24H,16H2/b14-12+/t24-/m1/s1. The highest BCUT2D eigenvalue weighted by atomic mass is 16.7. The van der Waals surface area contributed by atoms with Crippen molar-refractivity contribution < 1.29 is 23.8 Å². The largest absolute Gasteiger partial charge is 0.454 e. The van der Waals surface area contributed by atoms with Crippen LogP contribution in [0.2, 0.25) is 0 Å². The van der Waals surface area contributed by atoms with Crippen LogP contribution in [0.25, 0.3) is 6.08 Å². The summed E-state index contributed by atoms with van der Waals surface area (Å²) in [5.41, 5.74) is 1.86. The smallest absolute Gasteiger partial charge is 0.331 e. The molecule has 1 aliphatic rings. The molecule has 144 valence electrons. The van der Waals surface area contributed by atoms with Gasteiger partial charge < -0.3 is 14.2 Å². The normalized spacial score (nSPS) is 13.2. The zero-order valence-electron chi connectivity index (χ0n) is 15.5. The number of carbonyl (C=O) groups is 2. The number of carbonyl (C=O) groups excluding carboxylic acids is 2. The highest BCUT2D eigenvalue weighted by molar-refractivity contribution is 6.01. The zero-order chi connectivity index (χ0) is 20.1. The highest BCUT2D eigenvalue weighted by Crippen LogP contribution is 2.32. The Hall–Kier alpha value is -3.86. The molecule has 0 fully saturated rings. The lowest BCUT2D eigenvalue weighted by molar-refractivity contribution is -0.141. The quantitative estimate of drug-likeness (QED) is 0.352. The third-order valence-corrected chi connectivity index (χ3v) is 4.44. The van der Waals surface area contributed by atoms with E-state index in [0.29, 0.717) is 22.6 Å². The SMILES string of the molecule is O=C(/C=C/c1ccc2c(c1)OCO2)O[C@@H](C(=O)c1ccccc1)c1ccccc1. The van der Waals surface area contributed by atoms with Crippen molar-refractivity contribution in [2.75, 3.05) is 6.79 Å². The summed E-state index contributed by atoms with van der Waals surface area (Å²) in [7, 11) is 0. The van der Waals surface area contributed by atoms with Crippen LogP contribution >= 0.6 is 0 Å². The molecule has 0 radical (unpaired) electrons. The van der Waals surface area contributed by atoms with E-state index in [1.165, 1.54) is 6.08 Å². The summed E-state index contributed by atoms with van der Waals surface area (Å²) in [6.45, 7) is 0.185. The van der Waals surface area contributed by atoms with Gasteiger partial charge in [-0.15, -0.1) is 0 Å². The summed E-state index contributed by atoms with van der Waals surface area (Å²) < 4.78 is 16.1. The molecule has 3 aromatic rings. The minimum Gasteiger partial charge on any atom is -0.454 e. The van der Waals surface area contributed by atoms with Gasteiger partial charge in [-0.3, -0.25) is 4.79 Å². The monoisotopic (exact) mass is 386 g/mol. The van der Waals surface area contributed by atoms with Gasteiger partial charge in [0.25, 0.3) is 0 Å². The molecule has 0 saturated carbocycles. The third-order valence-electron chi connectivity index (χ3n) is 4.44. The molecule has 5 heteroatoms. The molecule has 0 amide bonds. The van der Waals surface area contributed by atoms with Gasteiger partial charge in [0, 0.05) is 17.2 Å². The van der Waals surface area contributed by atoms with Gasteiger partial charge in [-0.1, -0.05) is 66.7 Å². The molecule has 3 aromatic carbocycles. The number of hydrogen-bond donors (Lipinski definition) is 0. The molecule has 0 saturated heterocycles. The third kappa shape index (κ3) is 4.35. The maximum Gasteiger partial charge on any atom is 0.331 e. The Morgan fingerprint density at radius 3 is 2.31 bits per heavy atom. The second-order valence-corrected chi connectivity index (χ2v) is 6.40. The van der Waals surface area contributed by atoms with Gasteiger partial charge in [0.05, 0.1) is 0 Å². The minimum absolute atomic E-state index is 0.185. The van der Waals surface area contributed by atoms with E-state index in [2.05, 4.69) is 0 Å². The van der Waals surface area contributed by atoms with Gasteiger partial charge in [0.1, 0.15) is 0 Å². The first-order valence-corrected chi connectivity index (χ1v) is 9.13. The molecule has 0 unspecified atom stereocenters. The van der Waals surface area contributed by atoms with Gasteiger partial charge in [0.15, 0.2) is 17.6 Å². The predicted octanol–water partition coefficient (Wildman–Crippen LogP) is 4.60. The topological polar surface area (TPSA) is 61.8 Å². The summed E-state index contributed by atoms with van der Waals surface area (Å²) in [5, 5.41) is 0. The first-order valence-electron chi connectivity index (χ1n) is 9.13. The van der Waals surface area contributed by atoms with Crippen molar-refractivity contribution in [1.82, 2.24) is 0 Å². The fourth-order valence-corrected chi connectivity index (χ4v) is 2.99. The van der Waals surface area contributed by atoms with Crippen LogP contribution in [0.1, 0.15) is 27.6 Å². The number of fused-ring (bicyclic) bond motifs is 1. The van der Waals surface area contributed by atoms with E-state index in [1.54, 1.807) is 72.8 Å². The Balaban J connectivity index is 1.52. The summed E-state index contributed by atoms with van der Waals surface area (Å²) >= 11 is 0. The van der Waals surface area contributed by atoms with Crippen LogP contribution in [0.3, 0.4) is 0 Å². The first kappa shape index (κ1) is 18.5. The van der Waals surface area contributed by atoms with Crippen LogP contribution in [0.5, 0.6) is 11.5 Å². The Labute approximate surface area is 168 Å². The average molecular weight is 386 g/mol. The van der Waals surface area contributed by atoms with E-state index in [9.17, 15) is 9.59 Å². The van der Waals surface area contributed by atoms with Gasteiger partial charge >= 0.3 is 5.97 Å². The van der Waals surface area contributed by atoms with E-state index < -0.39 is 12.1 Å². The van der Waals surface area contributed by atoms with Gasteiger partial charge in [-0.25, -0.2) is 4.79 Å². The molecule has 0 bridgehead atoms. The van der Waals surface area contributed by atoms with Crippen molar-refractivity contribution in [3.05, 3.63) is 102 Å². The number of ether oxygens (including phenoxy) is 3. The maximum atomic E-state index is 13.0. The molecule has 0 aromatic heterocycles. The molecule has 4 rings (SSSR count). The number of benzene rings is 3. The molecule has 5 nitrogen and oxygen atoms in total. The zero-order valence-corrected chi connectivity index (χ0v) is 15.5. The second-order valence-electron chi connectivity index (χ2n) is 6.40. The van der Waals surface area contributed by atoms with Crippen LogP contribution < -0.4 is 9.47 Å². The molecule has 29 heavy (non-hydrogen) atoms. The van der Waals surface area contributed by atoms with Crippen molar-refractivity contribution in [1.29, 1.82) is 0 Å². The van der Waals surface area contributed by atoms with Gasteiger partial charge in [-0.05, 0) is 23.8 Å². The van der Waals surface area contributed by atoms with Crippen molar-refractivity contribution in [3.8, 4) is 11.5 Å². The fraction of sp³-hybridized carbons (Fsp3) is 0.0833. The van der Waals surface area contributed by atoms with E-state index in [0.717, 1.165) is 5.56 Å². The van der Waals surface area contributed by atoms with Crippen LogP contribution in [-0.2, 0) is 9.53 Å². The Kier molecular flexibility index (Phi) is 5.38. The van der Waals surface area contributed by atoms with Crippen LogP contribution in [0, 0.1) is 0 Å². The van der Waals surface area contributed by atoms with E-state index >= 15 is 0 Å². The molecule has 1 atom stereocenters. The maximum absolute atomic E-state index is 13.0. The number of esters is 1. The van der Waals surface area contributed by atoms with Crippen LogP contribution in [-0.4, -0.2) is 18.5 Å². The van der Waals surface area contributed by atoms with Crippen molar-refractivity contribution >= 4 is 17.8 Å². The van der Waals surface area contributed by atoms with Crippen molar-refractivity contribution in [2.24, 2.45) is 0 Å². The summed E-state index contributed by atoms with van der Waals surface area (Å²) in [5.74, 6) is 0.409. The molecular weight excluding hydrogens is 368 g/mol. The lowest BCUT2D eigenvalue weighted by Gasteiger charge is -2.16. The van der Waals surface area contributed by atoms with Gasteiger partial charge in [-0.2, -0.15) is 0 Å². The average Bonchev–Trinajstić information content (AvgIpc) is 3.25. The lowest BCUT2D eigenvalue weighted by atomic mass is 10.00. The Morgan fingerprint density at radius 1 is 0.862 bits per heavy atom. The molecule has 1 heterocycles. The fourth-order valence-electron chi connectivity index (χ4n) is 2.99. The van der Waals surface area contributed by atoms with Crippen LogP contribution in [0.15, 0.2) is 84.9 Å². The molecule has 0 aliphatic carbocycles. The second kappa shape index (κ2) is 8.44. The Bertz CT molecular complexity index is 1040. The summed E-state index contributed by atoms with van der Waals surface area (Å²) in [6, 6.07) is 23.1. The molecular formula is C24H18O5.